The maximum atomic E-state index is 12.6. The van der Waals surface area contributed by atoms with Crippen LogP contribution in [0.2, 0.25) is 0 Å². The van der Waals surface area contributed by atoms with Crippen molar-refractivity contribution in [1.29, 1.82) is 0 Å². The van der Waals surface area contributed by atoms with Crippen LogP contribution in [-0.4, -0.2) is 35.6 Å². The first-order valence-corrected chi connectivity index (χ1v) is 9.98. The average Bonchev–Trinajstić information content (AvgIpc) is 3.01. The van der Waals surface area contributed by atoms with E-state index in [1.54, 1.807) is 54.6 Å². The van der Waals surface area contributed by atoms with E-state index < -0.39 is 29.2 Å². The summed E-state index contributed by atoms with van der Waals surface area (Å²) < 4.78 is 10.2. The predicted octanol–water partition coefficient (Wildman–Crippen LogP) is 3.48. The molecule has 4 rings (SSSR count). The summed E-state index contributed by atoms with van der Waals surface area (Å²) in [5.74, 6) is -0.433. The van der Waals surface area contributed by atoms with Gasteiger partial charge >= 0.3 is 5.63 Å². The lowest BCUT2D eigenvalue weighted by atomic mass is 10.2. The molecule has 0 aliphatic carbocycles. The number of thioether (sulfide) groups is 1. The minimum Gasteiger partial charge on any atom is -0.497 e. The molecule has 0 bridgehead atoms. The fraction of sp³-hybridized carbons (Fsp3) is 0.0909. The molecule has 31 heavy (non-hydrogen) atoms. The summed E-state index contributed by atoms with van der Waals surface area (Å²) in [6.45, 7) is -0.415. The fourth-order valence-electron chi connectivity index (χ4n) is 3.01. The molecule has 9 heteroatoms. The number of imide groups is 1. The van der Waals surface area contributed by atoms with Crippen molar-refractivity contribution in [1.82, 2.24) is 4.90 Å². The van der Waals surface area contributed by atoms with Gasteiger partial charge in [0.25, 0.3) is 11.1 Å². The largest absolute Gasteiger partial charge is 0.497 e. The highest BCUT2D eigenvalue weighted by Gasteiger charge is 2.36. The lowest BCUT2D eigenvalue weighted by molar-refractivity contribution is -0.127. The molecule has 1 aliphatic heterocycles. The van der Waals surface area contributed by atoms with Gasteiger partial charge in [0.2, 0.25) is 5.91 Å². The van der Waals surface area contributed by atoms with Crippen LogP contribution in [0.3, 0.4) is 0 Å². The topological polar surface area (TPSA) is 106 Å². The van der Waals surface area contributed by atoms with Gasteiger partial charge in [-0.3, -0.25) is 19.3 Å². The Hall–Kier alpha value is -3.85. The van der Waals surface area contributed by atoms with E-state index in [4.69, 9.17) is 9.15 Å². The smallest absolute Gasteiger partial charge is 0.336 e. The minimum absolute atomic E-state index is 0.229. The lowest BCUT2D eigenvalue weighted by Gasteiger charge is -2.12. The number of benzene rings is 2. The summed E-state index contributed by atoms with van der Waals surface area (Å²) >= 11 is 0.777. The van der Waals surface area contributed by atoms with Crippen LogP contribution in [0.1, 0.15) is 5.56 Å². The quantitative estimate of drug-likeness (QED) is 0.482. The Balaban J connectivity index is 1.46. The Morgan fingerprint density at radius 2 is 1.97 bits per heavy atom. The molecule has 1 saturated heterocycles. The lowest BCUT2D eigenvalue weighted by Crippen LogP contribution is -2.36. The van der Waals surface area contributed by atoms with Crippen LogP contribution in [0.15, 0.2) is 68.7 Å². The molecular weight excluding hydrogens is 420 g/mol. The maximum absolute atomic E-state index is 12.6. The zero-order valence-electron chi connectivity index (χ0n) is 16.3. The molecule has 0 spiro atoms. The number of nitrogens with zero attached hydrogens (tertiary/aromatic N) is 1. The zero-order chi connectivity index (χ0) is 22.0. The molecular formula is C22H16N2O6S. The van der Waals surface area contributed by atoms with Crippen molar-refractivity contribution in [2.24, 2.45) is 0 Å². The Morgan fingerprint density at radius 3 is 2.77 bits per heavy atom. The molecule has 0 saturated carbocycles. The highest BCUT2D eigenvalue weighted by atomic mass is 32.2. The number of ether oxygens (including phenoxy) is 1. The van der Waals surface area contributed by atoms with Crippen molar-refractivity contribution >= 4 is 51.5 Å². The minimum atomic E-state index is -0.534. The van der Waals surface area contributed by atoms with Gasteiger partial charge in [0, 0.05) is 17.1 Å². The fourth-order valence-corrected chi connectivity index (χ4v) is 3.85. The first-order valence-electron chi connectivity index (χ1n) is 9.16. The van der Waals surface area contributed by atoms with E-state index >= 15 is 0 Å². The third kappa shape index (κ3) is 4.51. The molecule has 156 valence electrons. The maximum Gasteiger partial charge on any atom is 0.336 e. The molecule has 3 amide bonds. The monoisotopic (exact) mass is 436 g/mol. The molecule has 1 fully saturated rings. The standard InChI is InChI=1S/C22H16N2O6S/c1-29-16-4-2-3-13(9-16)10-18-21(27)24(22(28)31-18)12-19(25)23-15-6-7-17-14(11-15)5-8-20(26)30-17/h2-11H,12H2,1H3,(H,23,25)/b18-10-. The van der Waals surface area contributed by atoms with Crippen LogP contribution in [-0.2, 0) is 9.59 Å². The van der Waals surface area contributed by atoms with Crippen molar-refractivity contribution in [3.8, 4) is 5.75 Å². The summed E-state index contributed by atoms with van der Waals surface area (Å²) in [5.41, 5.74) is 1.08. The van der Waals surface area contributed by atoms with Gasteiger partial charge in [-0.05, 0) is 59.8 Å². The molecule has 0 atom stereocenters. The van der Waals surface area contributed by atoms with Gasteiger partial charge < -0.3 is 14.5 Å². The molecule has 2 aromatic carbocycles. The van der Waals surface area contributed by atoms with Gasteiger partial charge in [-0.2, -0.15) is 0 Å². The van der Waals surface area contributed by atoms with Gasteiger partial charge in [-0.1, -0.05) is 12.1 Å². The number of anilines is 1. The average molecular weight is 436 g/mol. The molecule has 1 aliphatic rings. The summed E-state index contributed by atoms with van der Waals surface area (Å²) in [5, 5.41) is 2.76. The number of nitrogens with one attached hydrogen (secondary N) is 1. The third-order valence-electron chi connectivity index (χ3n) is 4.47. The number of methoxy groups -OCH3 is 1. The number of carbonyl (C=O) groups is 3. The third-order valence-corrected chi connectivity index (χ3v) is 5.38. The summed E-state index contributed by atoms with van der Waals surface area (Å²) in [6.07, 6.45) is 1.59. The van der Waals surface area contributed by atoms with Crippen molar-refractivity contribution < 1.29 is 23.5 Å². The Kier molecular flexibility index (Phi) is 5.59. The van der Waals surface area contributed by atoms with E-state index in [1.165, 1.54) is 13.2 Å². The Bertz CT molecular complexity index is 1300. The van der Waals surface area contributed by atoms with Crippen molar-refractivity contribution in [3.63, 3.8) is 0 Å². The zero-order valence-corrected chi connectivity index (χ0v) is 17.1. The van der Waals surface area contributed by atoms with Crippen LogP contribution in [0, 0.1) is 0 Å². The molecule has 1 N–H and O–H groups in total. The van der Waals surface area contributed by atoms with E-state index in [0.717, 1.165) is 16.7 Å². The van der Waals surface area contributed by atoms with E-state index in [0.29, 0.717) is 28.0 Å². The second-order valence-electron chi connectivity index (χ2n) is 6.60. The molecule has 8 nitrogen and oxygen atoms in total. The van der Waals surface area contributed by atoms with Gasteiger partial charge in [0.15, 0.2) is 0 Å². The van der Waals surface area contributed by atoms with Crippen LogP contribution >= 0.6 is 11.8 Å². The van der Waals surface area contributed by atoms with Crippen LogP contribution in [0.25, 0.3) is 17.0 Å². The van der Waals surface area contributed by atoms with Gasteiger partial charge in [0.05, 0.1) is 12.0 Å². The van der Waals surface area contributed by atoms with Crippen LogP contribution in [0.4, 0.5) is 10.5 Å². The SMILES string of the molecule is COc1cccc(/C=C2\SC(=O)N(CC(=O)Nc3ccc4oc(=O)ccc4c3)C2=O)c1. The number of fused-ring (bicyclic) bond motifs is 1. The number of hydrogen-bond acceptors (Lipinski definition) is 7. The second kappa shape index (κ2) is 8.49. The molecule has 0 unspecified atom stereocenters. The van der Waals surface area contributed by atoms with E-state index in [2.05, 4.69) is 5.32 Å². The van der Waals surface area contributed by atoms with Gasteiger partial charge in [-0.15, -0.1) is 0 Å². The summed E-state index contributed by atoms with van der Waals surface area (Å²) in [4.78, 5) is 49.7. The first kappa shape index (κ1) is 20.4. The van der Waals surface area contributed by atoms with Crippen molar-refractivity contribution in [2.75, 3.05) is 19.0 Å². The summed E-state index contributed by atoms with van der Waals surface area (Å²) in [6, 6.07) is 14.7. The number of amides is 3. The second-order valence-corrected chi connectivity index (χ2v) is 7.59. The molecule has 1 aromatic heterocycles. The first-order chi connectivity index (χ1) is 14.9. The van der Waals surface area contributed by atoms with Crippen LogP contribution < -0.4 is 15.7 Å². The summed E-state index contributed by atoms with van der Waals surface area (Å²) in [7, 11) is 1.54. The highest BCUT2D eigenvalue weighted by Crippen LogP contribution is 2.32. The van der Waals surface area contributed by atoms with E-state index in [1.807, 2.05) is 0 Å². The number of hydrogen-bond donors (Lipinski definition) is 1. The van der Waals surface area contributed by atoms with E-state index in [-0.39, 0.29) is 4.91 Å². The molecule has 2 heterocycles. The predicted molar refractivity (Wildman–Crippen MR) is 117 cm³/mol. The van der Waals surface area contributed by atoms with Gasteiger partial charge in [0.1, 0.15) is 17.9 Å². The highest BCUT2D eigenvalue weighted by molar-refractivity contribution is 8.18. The Labute approximate surface area is 180 Å². The molecule has 3 aromatic rings. The normalized spacial score (nSPS) is 15.0. The van der Waals surface area contributed by atoms with Crippen molar-refractivity contribution in [3.05, 3.63) is 75.5 Å². The number of carbonyl (C=O) groups excluding carboxylic acids is 3. The molecule has 0 radical (unpaired) electrons. The van der Waals surface area contributed by atoms with Gasteiger partial charge in [-0.25, -0.2) is 4.79 Å². The van der Waals surface area contributed by atoms with Crippen molar-refractivity contribution in [2.45, 2.75) is 0 Å². The van der Waals surface area contributed by atoms with Crippen LogP contribution in [0.5, 0.6) is 5.75 Å². The Morgan fingerprint density at radius 1 is 1.13 bits per heavy atom. The number of rotatable bonds is 5. The van der Waals surface area contributed by atoms with E-state index in [9.17, 15) is 19.2 Å².